The van der Waals surface area contributed by atoms with Gasteiger partial charge in [-0.05, 0) is 34.5 Å². The molecule has 0 unspecified atom stereocenters. The van der Waals surface area contributed by atoms with Gasteiger partial charge in [0.05, 0.1) is 5.57 Å². The number of carbonyl (C=O) groups excluding carboxylic acids is 2. The van der Waals surface area contributed by atoms with E-state index in [1.165, 1.54) is 10.8 Å². The van der Waals surface area contributed by atoms with E-state index in [1.54, 1.807) is 11.3 Å². The molecule has 2 aromatic rings. The highest BCUT2D eigenvalue weighted by Crippen LogP contribution is 2.26. The van der Waals surface area contributed by atoms with Crippen molar-refractivity contribution in [1.29, 1.82) is 0 Å². The fourth-order valence-electron chi connectivity index (χ4n) is 1.76. The largest absolute Gasteiger partial charge is 0.289 e. The summed E-state index contributed by atoms with van der Waals surface area (Å²) in [7, 11) is 0. The number of imide groups is 1. The van der Waals surface area contributed by atoms with E-state index >= 15 is 0 Å². The summed E-state index contributed by atoms with van der Waals surface area (Å²) in [6, 6.07) is 7.75. The molecule has 0 atom stereocenters. The first-order valence-electron chi connectivity index (χ1n) is 4.79. The molecule has 0 saturated carbocycles. The molecule has 3 nitrogen and oxygen atoms in total. The molecule has 0 saturated heterocycles. The maximum absolute atomic E-state index is 11.5. The first-order chi connectivity index (χ1) is 7.74. The van der Waals surface area contributed by atoms with E-state index < -0.39 is 0 Å². The zero-order valence-electron chi connectivity index (χ0n) is 8.19. The molecule has 1 aromatic carbocycles. The first-order valence-corrected chi connectivity index (χ1v) is 5.67. The second-order valence-electron chi connectivity index (χ2n) is 3.55. The SMILES string of the molecule is O=C1C=C(c2ccc3sccc3c2)C(=O)N1. The van der Waals surface area contributed by atoms with Crippen molar-refractivity contribution in [2.75, 3.05) is 0 Å². The summed E-state index contributed by atoms with van der Waals surface area (Å²) in [5, 5.41) is 5.34. The standard InChI is InChI=1S/C12H7NO2S/c14-11-6-9(12(15)13-11)7-1-2-10-8(5-7)3-4-16-10/h1-6H,(H,13,14,15). The molecule has 2 amide bonds. The van der Waals surface area contributed by atoms with Gasteiger partial charge in [-0.1, -0.05) is 6.07 Å². The Morgan fingerprint density at radius 1 is 1.12 bits per heavy atom. The summed E-state index contributed by atoms with van der Waals surface area (Å²) < 4.78 is 1.18. The van der Waals surface area contributed by atoms with Gasteiger partial charge in [-0.2, -0.15) is 0 Å². The van der Waals surface area contributed by atoms with Gasteiger partial charge in [0.2, 0.25) is 0 Å². The molecule has 1 aliphatic heterocycles. The summed E-state index contributed by atoms with van der Waals surface area (Å²) in [6.45, 7) is 0. The normalized spacial score (nSPS) is 15.4. The van der Waals surface area contributed by atoms with Gasteiger partial charge in [0.1, 0.15) is 0 Å². The molecule has 78 valence electrons. The van der Waals surface area contributed by atoms with E-state index in [4.69, 9.17) is 0 Å². The van der Waals surface area contributed by atoms with Gasteiger partial charge in [0.15, 0.2) is 0 Å². The van der Waals surface area contributed by atoms with Crippen LogP contribution in [0, 0.1) is 0 Å². The lowest BCUT2D eigenvalue weighted by atomic mass is 10.1. The van der Waals surface area contributed by atoms with E-state index in [9.17, 15) is 9.59 Å². The van der Waals surface area contributed by atoms with Gasteiger partial charge >= 0.3 is 0 Å². The molecule has 0 radical (unpaired) electrons. The summed E-state index contributed by atoms with van der Waals surface area (Å²) in [6.07, 6.45) is 1.34. The fraction of sp³-hybridized carbons (Fsp3) is 0. The summed E-state index contributed by atoms with van der Waals surface area (Å²) in [4.78, 5) is 22.5. The third-order valence-corrected chi connectivity index (χ3v) is 3.42. The molecule has 0 spiro atoms. The Morgan fingerprint density at radius 3 is 2.75 bits per heavy atom. The highest BCUT2D eigenvalue weighted by molar-refractivity contribution is 7.17. The van der Waals surface area contributed by atoms with Crippen molar-refractivity contribution in [3.63, 3.8) is 0 Å². The quantitative estimate of drug-likeness (QED) is 0.759. The maximum atomic E-state index is 11.5. The van der Waals surface area contributed by atoms with E-state index in [-0.39, 0.29) is 11.8 Å². The van der Waals surface area contributed by atoms with Crippen molar-refractivity contribution in [2.45, 2.75) is 0 Å². The molecular weight excluding hydrogens is 222 g/mol. The van der Waals surface area contributed by atoms with Crippen LogP contribution in [-0.2, 0) is 9.59 Å². The lowest BCUT2D eigenvalue weighted by Gasteiger charge is -2.00. The predicted molar refractivity (Wildman–Crippen MR) is 63.0 cm³/mol. The van der Waals surface area contributed by atoms with E-state index in [2.05, 4.69) is 5.32 Å². The number of fused-ring (bicyclic) bond motifs is 1. The third kappa shape index (κ3) is 1.35. The van der Waals surface area contributed by atoms with Gasteiger partial charge in [-0.3, -0.25) is 14.9 Å². The first kappa shape index (κ1) is 9.30. The number of nitrogens with one attached hydrogen (secondary N) is 1. The highest BCUT2D eigenvalue weighted by Gasteiger charge is 2.22. The van der Waals surface area contributed by atoms with Crippen molar-refractivity contribution >= 4 is 38.8 Å². The van der Waals surface area contributed by atoms with Crippen LogP contribution >= 0.6 is 11.3 Å². The van der Waals surface area contributed by atoms with Crippen LogP contribution in [0.4, 0.5) is 0 Å². The number of hydrogen-bond acceptors (Lipinski definition) is 3. The lowest BCUT2D eigenvalue weighted by Crippen LogP contribution is -2.21. The van der Waals surface area contributed by atoms with Crippen LogP contribution in [0.15, 0.2) is 35.7 Å². The van der Waals surface area contributed by atoms with Gasteiger partial charge < -0.3 is 0 Å². The van der Waals surface area contributed by atoms with Gasteiger partial charge in [0, 0.05) is 10.8 Å². The summed E-state index contributed by atoms with van der Waals surface area (Å²) in [5.41, 5.74) is 1.23. The van der Waals surface area contributed by atoms with Gasteiger partial charge in [-0.15, -0.1) is 11.3 Å². The number of hydrogen-bond donors (Lipinski definition) is 1. The number of amides is 2. The van der Waals surface area contributed by atoms with Crippen molar-refractivity contribution < 1.29 is 9.59 Å². The van der Waals surface area contributed by atoms with Crippen LogP contribution in [0.2, 0.25) is 0 Å². The lowest BCUT2D eigenvalue weighted by molar-refractivity contribution is -0.123. The van der Waals surface area contributed by atoms with E-state index in [1.807, 2.05) is 29.6 Å². The number of thiophene rings is 1. The van der Waals surface area contributed by atoms with Crippen LogP contribution in [0.3, 0.4) is 0 Å². The molecular formula is C12H7NO2S. The van der Waals surface area contributed by atoms with Crippen LogP contribution < -0.4 is 5.32 Å². The minimum Gasteiger partial charge on any atom is -0.289 e. The molecule has 16 heavy (non-hydrogen) atoms. The molecule has 0 bridgehead atoms. The van der Waals surface area contributed by atoms with Gasteiger partial charge in [-0.25, -0.2) is 0 Å². The molecule has 1 aliphatic rings. The summed E-state index contributed by atoms with van der Waals surface area (Å²) >= 11 is 1.65. The number of rotatable bonds is 1. The molecule has 0 fully saturated rings. The molecule has 3 rings (SSSR count). The van der Waals surface area contributed by atoms with Crippen LogP contribution in [0.1, 0.15) is 5.56 Å². The average Bonchev–Trinajstić information content (AvgIpc) is 2.83. The zero-order valence-corrected chi connectivity index (χ0v) is 9.01. The smallest absolute Gasteiger partial charge is 0.258 e. The molecule has 1 aromatic heterocycles. The number of carbonyl (C=O) groups is 2. The van der Waals surface area contributed by atoms with Crippen molar-refractivity contribution in [3.8, 4) is 0 Å². The van der Waals surface area contributed by atoms with Gasteiger partial charge in [0.25, 0.3) is 11.8 Å². The van der Waals surface area contributed by atoms with Crippen LogP contribution in [0.5, 0.6) is 0 Å². The van der Waals surface area contributed by atoms with Crippen LogP contribution in [-0.4, -0.2) is 11.8 Å². The average molecular weight is 229 g/mol. The molecule has 4 heteroatoms. The molecule has 1 N–H and O–H groups in total. The van der Waals surface area contributed by atoms with E-state index in [0.29, 0.717) is 5.57 Å². The Balaban J connectivity index is 2.15. The predicted octanol–water partition coefficient (Wildman–Crippen LogP) is 1.94. The Kier molecular flexibility index (Phi) is 1.91. The maximum Gasteiger partial charge on any atom is 0.258 e. The topological polar surface area (TPSA) is 46.2 Å². The minimum absolute atomic E-state index is 0.320. The second kappa shape index (κ2) is 3.28. The second-order valence-corrected chi connectivity index (χ2v) is 4.50. The summed E-state index contributed by atoms with van der Waals surface area (Å²) in [5.74, 6) is -0.662. The monoisotopic (exact) mass is 229 g/mol. The van der Waals surface area contributed by atoms with Crippen molar-refractivity contribution in [3.05, 3.63) is 41.3 Å². The molecule has 0 aliphatic carbocycles. The minimum atomic E-state index is -0.342. The zero-order chi connectivity index (χ0) is 11.1. The van der Waals surface area contributed by atoms with Crippen molar-refractivity contribution in [2.24, 2.45) is 0 Å². The van der Waals surface area contributed by atoms with Crippen molar-refractivity contribution in [1.82, 2.24) is 5.32 Å². The Hall–Kier alpha value is -1.94. The fourth-order valence-corrected chi connectivity index (χ4v) is 2.53. The number of benzene rings is 1. The Bertz CT molecular complexity index is 639. The molecule has 2 heterocycles. The Labute approximate surface area is 95.4 Å². The highest BCUT2D eigenvalue weighted by atomic mass is 32.1. The third-order valence-electron chi connectivity index (χ3n) is 2.52. The Morgan fingerprint density at radius 2 is 2.00 bits per heavy atom. The van der Waals surface area contributed by atoms with E-state index in [0.717, 1.165) is 10.9 Å². The van der Waals surface area contributed by atoms with Crippen LogP contribution in [0.25, 0.3) is 15.7 Å².